The van der Waals surface area contributed by atoms with Crippen LogP contribution in [0.4, 0.5) is 0 Å². The van der Waals surface area contributed by atoms with E-state index in [1.807, 2.05) is 17.9 Å². The molecule has 1 aromatic rings. The zero-order valence-electron chi connectivity index (χ0n) is 10.6. The average molecular weight is 235 g/mol. The van der Waals surface area contributed by atoms with Gasteiger partial charge in [0.1, 0.15) is 0 Å². The van der Waals surface area contributed by atoms with Crippen molar-refractivity contribution in [3.8, 4) is 0 Å². The molecule has 17 heavy (non-hydrogen) atoms. The van der Waals surface area contributed by atoms with Crippen molar-refractivity contribution in [1.82, 2.24) is 15.1 Å². The van der Waals surface area contributed by atoms with Crippen molar-refractivity contribution in [1.29, 1.82) is 0 Å². The highest BCUT2D eigenvalue weighted by atomic mass is 16.5. The molecule has 1 aromatic heterocycles. The number of hydrogen-bond acceptors (Lipinski definition) is 3. The Morgan fingerprint density at radius 3 is 3.06 bits per heavy atom. The standard InChI is InChI=1S/C13H21N3O/c1-16-13-5-3-4-12(11(13)8-14-16)15-9-6-10(7-9)17-2/h8-10,12,15H,3-7H2,1-2H3. The van der Waals surface area contributed by atoms with Crippen LogP contribution in [-0.4, -0.2) is 29.0 Å². The Balaban J connectivity index is 1.65. The Morgan fingerprint density at radius 2 is 2.29 bits per heavy atom. The van der Waals surface area contributed by atoms with Crippen LogP contribution in [0, 0.1) is 0 Å². The van der Waals surface area contributed by atoms with Crippen LogP contribution in [0.2, 0.25) is 0 Å². The molecule has 0 aromatic carbocycles. The van der Waals surface area contributed by atoms with Gasteiger partial charge in [0.2, 0.25) is 0 Å². The van der Waals surface area contributed by atoms with Crippen LogP contribution in [0.1, 0.15) is 43.0 Å². The Kier molecular flexibility index (Phi) is 2.92. The molecule has 0 spiro atoms. The molecule has 2 aliphatic carbocycles. The van der Waals surface area contributed by atoms with E-state index in [-0.39, 0.29) is 0 Å². The summed E-state index contributed by atoms with van der Waals surface area (Å²) in [6, 6.07) is 1.14. The molecule has 1 fully saturated rings. The molecule has 94 valence electrons. The highest BCUT2D eigenvalue weighted by Gasteiger charge is 2.32. The number of aryl methyl sites for hydroxylation is 1. The van der Waals surface area contributed by atoms with Crippen molar-refractivity contribution in [2.45, 2.75) is 50.3 Å². The summed E-state index contributed by atoms with van der Waals surface area (Å²) in [6.45, 7) is 0. The molecule has 2 aliphatic rings. The van der Waals surface area contributed by atoms with E-state index in [0.717, 1.165) is 12.8 Å². The highest BCUT2D eigenvalue weighted by molar-refractivity contribution is 5.25. The molecule has 1 saturated carbocycles. The molecule has 0 saturated heterocycles. The molecule has 0 aliphatic heterocycles. The van der Waals surface area contributed by atoms with E-state index in [0.29, 0.717) is 18.2 Å². The van der Waals surface area contributed by atoms with Crippen LogP contribution >= 0.6 is 0 Å². The van der Waals surface area contributed by atoms with Crippen molar-refractivity contribution in [3.05, 3.63) is 17.5 Å². The Bertz CT molecular complexity index is 395. The van der Waals surface area contributed by atoms with Crippen LogP contribution < -0.4 is 5.32 Å². The number of aromatic nitrogens is 2. The number of nitrogens with one attached hydrogen (secondary N) is 1. The van der Waals surface area contributed by atoms with Crippen LogP contribution in [0.15, 0.2) is 6.20 Å². The van der Waals surface area contributed by atoms with Gasteiger partial charge in [-0.1, -0.05) is 0 Å². The summed E-state index contributed by atoms with van der Waals surface area (Å²) >= 11 is 0. The fraction of sp³-hybridized carbons (Fsp3) is 0.769. The second kappa shape index (κ2) is 4.42. The monoisotopic (exact) mass is 235 g/mol. The summed E-state index contributed by atoms with van der Waals surface area (Å²) in [5.74, 6) is 0. The van der Waals surface area contributed by atoms with Gasteiger partial charge < -0.3 is 10.1 Å². The van der Waals surface area contributed by atoms with Crippen molar-refractivity contribution < 1.29 is 4.74 Å². The zero-order valence-corrected chi connectivity index (χ0v) is 10.6. The maximum absolute atomic E-state index is 5.32. The second-order valence-electron chi connectivity index (χ2n) is 5.31. The van der Waals surface area contributed by atoms with Crippen LogP contribution in [0.25, 0.3) is 0 Å². The quantitative estimate of drug-likeness (QED) is 0.864. The van der Waals surface area contributed by atoms with Crippen molar-refractivity contribution in [3.63, 3.8) is 0 Å². The lowest BCUT2D eigenvalue weighted by Crippen LogP contribution is -2.46. The van der Waals surface area contributed by atoms with Gasteiger partial charge in [-0.05, 0) is 32.1 Å². The summed E-state index contributed by atoms with van der Waals surface area (Å²) in [5, 5.41) is 8.14. The maximum Gasteiger partial charge on any atom is 0.0601 e. The van der Waals surface area contributed by atoms with Crippen molar-refractivity contribution in [2.24, 2.45) is 7.05 Å². The minimum atomic E-state index is 0.476. The number of rotatable bonds is 3. The molecule has 1 unspecified atom stereocenters. The number of methoxy groups -OCH3 is 1. The molecule has 4 nitrogen and oxygen atoms in total. The lowest BCUT2D eigenvalue weighted by atomic mass is 9.86. The van der Waals surface area contributed by atoms with Gasteiger partial charge in [0.15, 0.2) is 0 Å². The van der Waals surface area contributed by atoms with E-state index in [9.17, 15) is 0 Å². The summed E-state index contributed by atoms with van der Waals surface area (Å²) in [4.78, 5) is 0. The van der Waals surface area contributed by atoms with Gasteiger partial charge in [-0.3, -0.25) is 4.68 Å². The third kappa shape index (κ3) is 2.00. The molecule has 1 heterocycles. The molecule has 4 heteroatoms. The van der Waals surface area contributed by atoms with E-state index in [2.05, 4.69) is 10.4 Å². The first kappa shape index (κ1) is 11.2. The first-order valence-corrected chi connectivity index (χ1v) is 6.57. The number of nitrogens with zero attached hydrogens (tertiary/aromatic N) is 2. The first-order valence-electron chi connectivity index (χ1n) is 6.57. The Morgan fingerprint density at radius 1 is 1.47 bits per heavy atom. The van der Waals surface area contributed by atoms with Gasteiger partial charge in [0.25, 0.3) is 0 Å². The highest BCUT2D eigenvalue weighted by Crippen LogP contribution is 2.32. The molecule has 3 rings (SSSR count). The maximum atomic E-state index is 5.32. The molecule has 1 atom stereocenters. The average Bonchev–Trinajstić information content (AvgIpc) is 2.66. The molecular formula is C13H21N3O. The summed E-state index contributed by atoms with van der Waals surface area (Å²) in [6.07, 6.45) is 8.51. The Hall–Kier alpha value is -0.870. The third-order valence-electron chi connectivity index (χ3n) is 4.24. The minimum absolute atomic E-state index is 0.476. The number of ether oxygens (including phenoxy) is 1. The molecule has 0 radical (unpaired) electrons. The summed E-state index contributed by atoms with van der Waals surface area (Å²) in [5.41, 5.74) is 2.83. The van der Waals surface area contributed by atoms with Crippen LogP contribution in [0.5, 0.6) is 0 Å². The molecule has 1 N–H and O–H groups in total. The SMILES string of the molecule is COC1CC(NC2CCCc3c2cnn3C)C1. The summed E-state index contributed by atoms with van der Waals surface area (Å²) < 4.78 is 7.35. The topological polar surface area (TPSA) is 39.1 Å². The van der Waals surface area contributed by atoms with E-state index in [1.165, 1.54) is 30.5 Å². The van der Waals surface area contributed by atoms with Crippen molar-refractivity contribution in [2.75, 3.05) is 7.11 Å². The predicted octanol–water partition coefficient (Wildman–Crippen LogP) is 1.56. The zero-order chi connectivity index (χ0) is 11.8. The predicted molar refractivity (Wildman–Crippen MR) is 65.8 cm³/mol. The van der Waals surface area contributed by atoms with E-state index < -0.39 is 0 Å². The second-order valence-corrected chi connectivity index (χ2v) is 5.31. The lowest BCUT2D eigenvalue weighted by Gasteiger charge is -2.38. The van der Waals surface area contributed by atoms with E-state index in [1.54, 1.807) is 7.11 Å². The summed E-state index contributed by atoms with van der Waals surface area (Å²) in [7, 11) is 3.85. The van der Waals surface area contributed by atoms with Crippen LogP contribution in [-0.2, 0) is 18.2 Å². The molecule has 0 amide bonds. The fourth-order valence-corrected chi connectivity index (χ4v) is 3.06. The Labute approximate surface area is 102 Å². The minimum Gasteiger partial charge on any atom is -0.381 e. The smallest absolute Gasteiger partial charge is 0.0601 e. The number of fused-ring (bicyclic) bond motifs is 1. The van der Waals surface area contributed by atoms with Gasteiger partial charge in [-0.15, -0.1) is 0 Å². The van der Waals surface area contributed by atoms with Gasteiger partial charge in [0.05, 0.1) is 12.3 Å². The van der Waals surface area contributed by atoms with E-state index in [4.69, 9.17) is 4.74 Å². The van der Waals surface area contributed by atoms with Gasteiger partial charge in [-0.25, -0.2) is 0 Å². The van der Waals surface area contributed by atoms with E-state index >= 15 is 0 Å². The van der Waals surface area contributed by atoms with Crippen molar-refractivity contribution >= 4 is 0 Å². The molecular weight excluding hydrogens is 214 g/mol. The molecule has 0 bridgehead atoms. The normalized spacial score (nSPS) is 32.0. The first-order chi connectivity index (χ1) is 8.28. The fourth-order valence-electron chi connectivity index (χ4n) is 3.06. The lowest BCUT2D eigenvalue weighted by molar-refractivity contribution is 0.0135. The third-order valence-corrected chi connectivity index (χ3v) is 4.24. The largest absolute Gasteiger partial charge is 0.381 e. The number of hydrogen-bond donors (Lipinski definition) is 1. The van der Waals surface area contributed by atoms with Gasteiger partial charge >= 0.3 is 0 Å². The van der Waals surface area contributed by atoms with Gasteiger partial charge in [-0.2, -0.15) is 5.10 Å². The van der Waals surface area contributed by atoms with Crippen LogP contribution in [0.3, 0.4) is 0 Å². The van der Waals surface area contributed by atoms with Gasteiger partial charge in [0, 0.05) is 37.5 Å².